The summed E-state index contributed by atoms with van der Waals surface area (Å²) in [7, 11) is 3.34. The van der Waals surface area contributed by atoms with Crippen LogP contribution in [0.5, 0.6) is 0 Å². The molecule has 0 amide bonds. The molecule has 0 aromatic heterocycles. The summed E-state index contributed by atoms with van der Waals surface area (Å²) in [5.41, 5.74) is 14.4. The Morgan fingerprint density at radius 2 is 0.923 bits per heavy atom. The zero-order valence-electron chi connectivity index (χ0n) is 28.7. The van der Waals surface area contributed by atoms with E-state index in [2.05, 4.69) is 64.9 Å². The summed E-state index contributed by atoms with van der Waals surface area (Å²) >= 11 is 6.73. The average Bonchev–Trinajstić information content (AvgIpc) is 3.70. The van der Waals surface area contributed by atoms with Crippen LogP contribution in [0, 0.1) is 0 Å². The maximum atomic E-state index is 11.2. The molecule has 0 saturated carbocycles. The summed E-state index contributed by atoms with van der Waals surface area (Å²) in [5.74, 6) is 0.257. The third-order valence-electron chi connectivity index (χ3n) is 9.04. The van der Waals surface area contributed by atoms with E-state index in [-0.39, 0.29) is 11.8 Å². The van der Waals surface area contributed by atoms with E-state index in [1.54, 1.807) is 0 Å². The standard InChI is InChI=1S/C21H13BrO2.C21H14O2.CH3F.BHNS/c22-16-6-8-18-20(10-16)19-9-14(12-24)3-7-17(19)21(18)15-4-1-13(11-23)2-5-15;22-12-14-5-8-16(9-6-14)21-18-4-2-1-3-17(18)20-11-15(13-23)7-10-19(20)21;1-2;1-2-3/h1-12,21H;1-13,21H;1H3;3H/i;;1D;. The third kappa shape index (κ3) is 7.76. The Hall–Kier alpha value is -5.38. The SMILES string of the molecule is O=Cc1ccc(C2c3ccc(Br)cc3-c3cc(C=O)ccc32)cc1.O=Cc1ccc(C2c3ccccc3-c3cc(C=O)ccc32)cc1.[2H]CF.[B]=NS. The van der Waals surface area contributed by atoms with Gasteiger partial charge < -0.3 is 0 Å². The molecule has 0 N–H and O–H groups in total. The van der Waals surface area contributed by atoms with Gasteiger partial charge in [0.25, 0.3) is 0 Å². The van der Waals surface area contributed by atoms with Crippen LogP contribution in [0.15, 0.2) is 136 Å². The second-order valence-electron chi connectivity index (χ2n) is 11.8. The van der Waals surface area contributed by atoms with Gasteiger partial charge in [-0.15, -0.1) is 0 Å². The summed E-state index contributed by atoms with van der Waals surface area (Å²) in [6.07, 6.45) is 3.48. The fourth-order valence-corrected chi connectivity index (χ4v) is 7.22. The minimum atomic E-state index is -1.00. The van der Waals surface area contributed by atoms with E-state index >= 15 is 0 Å². The van der Waals surface area contributed by atoms with E-state index in [0.29, 0.717) is 22.3 Å². The first-order chi connectivity index (χ1) is 25.8. The Kier molecular flexibility index (Phi) is 12.4. The number of halogens is 2. The first kappa shape index (κ1) is 36.4. The molecule has 2 unspecified atom stereocenters. The van der Waals surface area contributed by atoms with Crippen molar-refractivity contribution in [2.75, 3.05) is 7.15 Å². The van der Waals surface area contributed by atoms with Gasteiger partial charge in [-0.1, -0.05) is 119 Å². The number of alkyl halides is 1. The van der Waals surface area contributed by atoms with Gasteiger partial charge in [0.2, 0.25) is 0 Å². The summed E-state index contributed by atoms with van der Waals surface area (Å²) in [5, 5.41) is 0. The van der Waals surface area contributed by atoms with Crippen LogP contribution in [-0.4, -0.2) is 39.9 Å². The van der Waals surface area contributed by atoms with Gasteiger partial charge in [-0.2, -0.15) is 0 Å². The van der Waals surface area contributed by atoms with Crippen LogP contribution in [0.25, 0.3) is 22.3 Å². The van der Waals surface area contributed by atoms with Crippen LogP contribution in [0.4, 0.5) is 4.39 Å². The molecule has 5 nitrogen and oxygen atoms in total. The molecule has 0 bridgehead atoms. The van der Waals surface area contributed by atoms with E-state index < -0.39 is 7.15 Å². The van der Waals surface area contributed by atoms with Crippen molar-refractivity contribution in [3.63, 3.8) is 0 Å². The van der Waals surface area contributed by atoms with Crippen molar-refractivity contribution >= 4 is 61.5 Å². The van der Waals surface area contributed by atoms with Crippen LogP contribution in [0.1, 0.15) is 88.0 Å². The number of nitrogens with zero attached hydrogens (tertiary/aromatic N) is 1. The molecule has 0 spiro atoms. The molecule has 0 aliphatic heterocycles. The van der Waals surface area contributed by atoms with Crippen LogP contribution >= 0.6 is 28.7 Å². The quantitative estimate of drug-likeness (QED) is 0.104. The normalized spacial score (nSPS) is 14.0. The molecule has 52 heavy (non-hydrogen) atoms. The molecule has 2 atom stereocenters. The van der Waals surface area contributed by atoms with E-state index in [1.165, 1.54) is 27.8 Å². The molecular formula is C43H31BBrFNO4S. The van der Waals surface area contributed by atoms with Crippen molar-refractivity contribution < 1.29 is 24.9 Å². The predicted octanol–water partition coefficient (Wildman–Crippen LogP) is 10.5. The molecule has 2 aliphatic rings. The number of fused-ring (bicyclic) bond motifs is 6. The number of thiol groups is 1. The molecule has 255 valence electrons. The van der Waals surface area contributed by atoms with E-state index in [9.17, 15) is 23.6 Å². The number of benzene rings is 6. The number of carbonyl (C=O) groups is 4. The molecule has 6 aromatic carbocycles. The first-order valence-corrected chi connectivity index (χ1v) is 17.1. The number of hydrogen-bond acceptors (Lipinski definition) is 6. The summed E-state index contributed by atoms with van der Waals surface area (Å²) in [6.45, 7) is 0. The summed E-state index contributed by atoms with van der Waals surface area (Å²) in [6, 6.07) is 41.7. The maximum absolute atomic E-state index is 11.2. The van der Waals surface area contributed by atoms with Crippen molar-refractivity contribution in [1.82, 2.24) is 0 Å². The fourth-order valence-electron chi connectivity index (χ4n) is 6.86. The Bertz CT molecular complexity index is 2290. The Morgan fingerprint density at radius 3 is 1.37 bits per heavy atom. The van der Waals surface area contributed by atoms with Gasteiger partial charge in [0.15, 0.2) is 0 Å². The van der Waals surface area contributed by atoms with Crippen LogP contribution in [0.2, 0.25) is 0 Å². The molecule has 6 aromatic rings. The molecule has 0 saturated heterocycles. The fraction of sp³-hybridized carbons (Fsp3) is 0.0698. The molecule has 0 fully saturated rings. The predicted molar refractivity (Wildman–Crippen MR) is 212 cm³/mol. The monoisotopic (exact) mass is 767 g/mol. The van der Waals surface area contributed by atoms with Gasteiger partial charge in [0.1, 0.15) is 25.1 Å². The molecule has 0 heterocycles. The second kappa shape index (κ2) is 17.7. The minimum absolute atomic E-state index is 0.115. The topological polar surface area (TPSA) is 80.6 Å². The second-order valence-corrected chi connectivity index (χ2v) is 12.9. The van der Waals surface area contributed by atoms with Gasteiger partial charge in [-0.25, -0.2) is 0 Å². The van der Waals surface area contributed by atoms with Gasteiger partial charge in [-0.3, -0.25) is 23.6 Å². The third-order valence-corrected chi connectivity index (χ3v) is 9.53. The Morgan fingerprint density at radius 1 is 0.577 bits per heavy atom. The van der Waals surface area contributed by atoms with Gasteiger partial charge >= 0.3 is 24.8 Å². The van der Waals surface area contributed by atoms with Crippen molar-refractivity contribution in [2.24, 2.45) is 4.30 Å². The zero-order valence-corrected chi connectivity index (χ0v) is 30.1. The van der Waals surface area contributed by atoms with E-state index in [1.807, 2.05) is 103 Å². The number of rotatable bonds is 6. The van der Waals surface area contributed by atoms with Crippen molar-refractivity contribution in [3.05, 3.63) is 188 Å². The molecular weight excluding hydrogens is 736 g/mol. The van der Waals surface area contributed by atoms with Crippen LogP contribution in [0.3, 0.4) is 0 Å². The molecule has 1 radical (unpaired) electrons. The first-order valence-electron chi connectivity index (χ1n) is 16.6. The number of hydrogen-bond donors (Lipinski definition) is 1. The summed E-state index contributed by atoms with van der Waals surface area (Å²) in [4.78, 5) is 44.1. The summed E-state index contributed by atoms with van der Waals surface area (Å²) < 4.78 is 19.2. The zero-order chi connectivity index (χ0) is 37.9. The van der Waals surface area contributed by atoms with Crippen LogP contribution < -0.4 is 0 Å². The van der Waals surface area contributed by atoms with Crippen molar-refractivity contribution in [3.8, 4) is 22.3 Å². The molecule has 2 aliphatic carbocycles. The van der Waals surface area contributed by atoms with E-state index in [0.717, 1.165) is 57.4 Å². The van der Waals surface area contributed by atoms with Gasteiger partial charge in [0.05, 0.1) is 8.52 Å². The Labute approximate surface area is 318 Å². The van der Waals surface area contributed by atoms with E-state index in [4.69, 9.17) is 1.37 Å². The number of aldehydes is 4. The molecule has 9 heteroatoms. The average molecular weight is 769 g/mol. The van der Waals surface area contributed by atoms with Crippen LogP contribution in [-0.2, 0) is 0 Å². The van der Waals surface area contributed by atoms with Crippen molar-refractivity contribution in [1.29, 1.82) is 0 Å². The van der Waals surface area contributed by atoms with Gasteiger partial charge in [0, 0.05) is 38.6 Å². The molecule has 8 rings (SSSR count). The van der Waals surface area contributed by atoms with Gasteiger partial charge in [-0.05, 0) is 79.9 Å². The Balaban J connectivity index is 0.000000178. The number of carbonyl (C=O) groups excluding carboxylic acids is 4. The van der Waals surface area contributed by atoms with Crippen molar-refractivity contribution in [2.45, 2.75) is 11.8 Å².